The molecule has 2 aliphatic rings. The van der Waals surface area contributed by atoms with Crippen LogP contribution < -0.4 is 10.2 Å². The van der Waals surface area contributed by atoms with Gasteiger partial charge in [-0.3, -0.25) is 10.4 Å². The van der Waals surface area contributed by atoms with E-state index in [4.69, 9.17) is 5.41 Å². The highest BCUT2D eigenvalue weighted by Gasteiger charge is 2.25. The fourth-order valence-electron chi connectivity index (χ4n) is 3.20. The van der Waals surface area contributed by atoms with Crippen LogP contribution >= 0.6 is 11.3 Å². The van der Waals surface area contributed by atoms with Crippen LogP contribution in [0.5, 0.6) is 0 Å². The van der Waals surface area contributed by atoms with Gasteiger partial charge in [-0.05, 0) is 43.2 Å². The monoisotopic (exact) mass is 304 g/mol. The highest BCUT2D eigenvalue weighted by atomic mass is 32.1. The number of thiophene rings is 1. The van der Waals surface area contributed by atoms with Gasteiger partial charge in [0.2, 0.25) is 0 Å². The first-order chi connectivity index (χ1) is 10.3. The van der Waals surface area contributed by atoms with Gasteiger partial charge in [0.1, 0.15) is 5.84 Å². The van der Waals surface area contributed by atoms with E-state index in [9.17, 15) is 0 Å². The third kappa shape index (κ3) is 3.64. The Kier molecular flexibility index (Phi) is 4.91. The van der Waals surface area contributed by atoms with E-state index < -0.39 is 0 Å². The van der Waals surface area contributed by atoms with Gasteiger partial charge in [0.05, 0.1) is 10.8 Å². The van der Waals surface area contributed by atoms with Gasteiger partial charge in [0.15, 0.2) is 0 Å². The third-order valence-corrected chi connectivity index (χ3v) is 5.15. The molecule has 0 amide bonds. The molecule has 1 atom stereocenters. The van der Waals surface area contributed by atoms with Gasteiger partial charge in [-0.1, -0.05) is 6.42 Å². The summed E-state index contributed by atoms with van der Waals surface area (Å²) >= 11 is 1.75. The molecule has 5 heteroatoms. The Morgan fingerprint density at radius 2 is 2.29 bits per heavy atom. The Bertz CT molecular complexity index is 494. The number of rotatable bonds is 4. The van der Waals surface area contributed by atoms with Crippen LogP contribution in [0.25, 0.3) is 0 Å². The highest BCUT2D eigenvalue weighted by molar-refractivity contribution is 7.14. The molecule has 3 heterocycles. The molecule has 1 unspecified atom stereocenters. The van der Waals surface area contributed by atoms with E-state index in [-0.39, 0.29) is 0 Å². The molecule has 1 saturated heterocycles. The first-order valence-corrected chi connectivity index (χ1v) is 8.90. The number of amidine groups is 2. The molecule has 0 radical (unpaired) electrons. The summed E-state index contributed by atoms with van der Waals surface area (Å²) in [5.41, 5.74) is 0. The molecular formula is C16H24N4S. The lowest BCUT2D eigenvalue weighted by molar-refractivity contribution is 0.548. The van der Waals surface area contributed by atoms with Gasteiger partial charge in [-0.2, -0.15) is 0 Å². The molecule has 1 fully saturated rings. The first kappa shape index (κ1) is 14.6. The van der Waals surface area contributed by atoms with Crippen molar-refractivity contribution in [2.45, 2.75) is 51.0 Å². The van der Waals surface area contributed by atoms with Crippen LogP contribution in [0.4, 0.5) is 5.00 Å². The van der Waals surface area contributed by atoms with Crippen molar-refractivity contribution < 1.29 is 0 Å². The molecular weight excluding hydrogens is 280 g/mol. The number of nitrogens with zero attached hydrogens (tertiary/aromatic N) is 2. The summed E-state index contributed by atoms with van der Waals surface area (Å²) in [6.07, 6.45) is 7.86. The molecule has 3 rings (SSSR count). The van der Waals surface area contributed by atoms with Crippen LogP contribution in [-0.2, 0) is 0 Å². The lowest BCUT2D eigenvalue weighted by atomic mass is 10.1. The van der Waals surface area contributed by atoms with Gasteiger partial charge in [-0.25, -0.2) is 0 Å². The minimum atomic E-state index is 0.452. The number of hydrogen-bond acceptors (Lipinski definition) is 4. The Balaban J connectivity index is 1.63. The fraction of sp³-hybridized carbons (Fsp3) is 0.625. The van der Waals surface area contributed by atoms with E-state index in [2.05, 4.69) is 32.7 Å². The van der Waals surface area contributed by atoms with Crippen molar-refractivity contribution in [3.05, 3.63) is 17.5 Å². The zero-order valence-electron chi connectivity index (χ0n) is 12.5. The van der Waals surface area contributed by atoms with Crippen LogP contribution in [0.3, 0.4) is 0 Å². The van der Waals surface area contributed by atoms with E-state index in [1.165, 1.54) is 30.1 Å². The maximum atomic E-state index is 8.38. The summed E-state index contributed by atoms with van der Waals surface area (Å²) in [4.78, 5) is 6.75. The Hall–Kier alpha value is -1.36. The van der Waals surface area contributed by atoms with E-state index in [0.29, 0.717) is 6.04 Å². The molecule has 114 valence electrons. The van der Waals surface area contributed by atoms with E-state index in [0.717, 1.165) is 44.6 Å². The fourth-order valence-corrected chi connectivity index (χ4v) is 4.03. The average Bonchev–Trinajstić information content (AvgIpc) is 3.14. The minimum Gasteiger partial charge on any atom is -0.374 e. The molecule has 2 N–H and O–H groups in total. The summed E-state index contributed by atoms with van der Waals surface area (Å²) < 4.78 is 0. The van der Waals surface area contributed by atoms with E-state index in [1.54, 1.807) is 11.3 Å². The van der Waals surface area contributed by atoms with Crippen LogP contribution in [0, 0.1) is 5.41 Å². The maximum Gasteiger partial charge on any atom is 0.101 e. The van der Waals surface area contributed by atoms with E-state index >= 15 is 0 Å². The molecule has 0 aromatic carbocycles. The van der Waals surface area contributed by atoms with Crippen molar-refractivity contribution >= 4 is 28.0 Å². The van der Waals surface area contributed by atoms with Crippen molar-refractivity contribution in [2.24, 2.45) is 4.99 Å². The van der Waals surface area contributed by atoms with Crippen molar-refractivity contribution in [1.82, 2.24) is 5.32 Å². The predicted molar refractivity (Wildman–Crippen MR) is 90.9 cm³/mol. The summed E-state index contributed by atoms with van der Waals surface area (Å²) in [6, 6.07) is 4.68. The topological polar surface area (TPSA) is 51.5 Å². The highest BCUT2D eigenvalue weighted by Crippen LogP contribution is 2.30. The SMILES string of the molecule is N=C1CCCCC(CCNC2=NCCC2)N1c1cccs1. The smallest absolute Gasteiger partial charge is 0.101 e. The van der Waals surface area contributed by atoms with Gasteiger partial charge in [0.25, 0.3) is 0 Å². The summed E-state index contributed by atoms with van der Waals surface area (Å²) in [5.74, 6) is 1.97. The molecule has 0 aliphatic carbocycles. The van der Waals surface area contributed by atoms with Crippen LogP contribution in [0.15, 0.2) is 22.5 Å². The largest absolute Gasteiger partial charge is 0.374 e. The van der Waals surface area contributed by atoms with Crippen LogP contribution in [-0.4, -0.2) is 30.8 Å². The van der Waals surface area contributed by atoms with Crippen molar-refractivity contribution in [2.75, 3.05) is 18.0 Å². The summed E-state index contributed by atoms with van der Waals surface area (Å²) in [6.45, 7) is 1.95. The molecule has 4 nitrogen and oxygen atoms in total. The van der Waals surface area contributed by atoms with Crippen molar-refractivity contribution in [3.8, 4) is 0 Å². The molecule has 2 aliphatic heterocycles. The van der Waals surface area contributed by atoms with Gasteiger partial charge >= 0.3 is 0 Å². The predicted octanol–water partition coefficient (Wildman–Crippen LogP) is 3.65. The maximum absolute atomic E-state index is 8.38. The Labute approximate surface area is 130 Å². The average molecular weight is 304 g/mol. The first-order valence-electron chi connectivity index (χ1n) is 8.02. The number of nitrogens with one attached hydrogen (secondary N) is 2. The quantitative estimate of drug-likeness (QED) is 0.892. The zero-order chi connectivity index (χ0) is 14.5. The van der Waals surface area contributed by atoms with Crippen LogP contribution in [0.1, 0.15) is 44.9 Å². The molecule has 0 spiro atoms. The van der Waals surface area contributed by atoms with Crippen LogP contribution in [0.2, 0.25) is 0 Å². The summed E-state index contributed by atoms with van der Waals surface area (Å²) in [7, 11) is 0. The molecule has 0 bridgehead atoms. The lowest BCUT2D eigenvalue weighted by Gasteiger charge is -2.31. The zero-order valence-corrected chi connectivity index (χ0v) is 13.3. The normalized spacial score (nSPS) is 23.0. The van der Waals surface area contributed by atoms with Gasteiger partial charge in [-0.15, -0.1) is 11.3 Å². The minimum absolute atomic E-state index is 0.452. The molecule has 1 aromatic heterocycles. The third-order valence-electron chi connectivity index (χ3n) is 4.28. The number of anilines is 1. The van der Waals surface area contributed by atoms with E-state index in [1.807, 2.05) is 0 Å². The van der Waals surface area contributed by atoms with Gasteiger partial charge < -0.3 is 10.2 Å². The molecule has 21 heavy (non-hydrogen) atoms. The molecule has 1 aromatic rings. The second-order valence-corrected chi connectivity index (χ2v) is 6.74. The number of aliphatic imine (C=N–C) groups is 1. The standard InChI is InChI=1S/C16H24N4S/c17-14-6-2-1-5-13(20(14)16-8-4-12-21-16)9-11-19-15-7-3-10-18-15/h4,8,12-13,17H,1-3,5-7,9-11H2,(H,18,19). The lowest BCUT2D eigenvalue weighted by Crippen LogP contribution is -2.40. The van der Waals surface area contributed by atoms with Crippen molar-refractivity contribution in [1.29, 1.82) is 5.41 Å². The Morgan fingerprint density at radius 3 is 3.05 bits per heavy atom. The molecule has 0 saturated carbocycles. The number of hydrogen-bond donors (Lipinski definition) is 2. The van der Waals surface area contributed by atoms with Gasteiger partial charge in [0, 0.05) is 32.0 Å². The second kappa shape index (κ2) is 7.07. The Morgan fingerprint density at radius 1 is 1.33 bits per heavy atom. The summed E-state index contributed by atoms with van der Waals surface area (Å²) in [5, 5.41) is 15.2. The second-order valence-electron chi connectivity index (χ2n) is 5.82. The van der Waals surface area contributed by atoms with Crippen molar-refractivity contribution in [3.63, 3.8) is 0 Å².